The van der Waals surface area contributed by atoms with E-state index in [4.69, 9.17) is 0 Å². The first-order valence-corrected chi connectivity index (χ1v) is 9.55. The largest absolute Gasteiger partial charge is 0.330 e. The Hall–Kier alpha value is -2.98. The number of rotatable bonds is 5. The highest BCUT2D eigenvalue weighted by Crippen LogP contribution is 2.16. The lowest BCUT2D eigenvalue weighted by atomic mass is 10.2. The van der Waals surface area contributed by atoms with Crippen LogP contribution in [0.25, 0.3) is 5.69 Å². The highest BCUT2D eigenvalue weighted by molar-refractivity contribution is 7.89. The molecule has 0 bridgehead atoms. The highest BCUT2D eigenvalue weighted by atomic mass is 32.2. The summed E-state index contributed by atoms with van der Waals surface area (Å²) >= 11 is 0. The number of sulfonamides is 1. The number of nitrogens with one attached hydrogen (secondary N) is 1. The number of aryl methyl sites for hydroxylation is 2. The molecule has 0 aliphatic heterocycles. The minimum absolute atomic E-state index is 0.0257. The average Bonchev–Trinajstić information content (AvgIpc) is 3.07. The zero-order valence-electron chi connectivity index (χ0n) is 15.1. The Morgan fingerprint density at radius 3 is 2.52 bits per heavy atom. The molecule has 2 heterocycles. The molecular weight excluding hydrogens is 370 g/mol. The standard InChI is InChI=1S/C17H19N5O4S/c1-12-18-8-9-22(12)14-7-5-4-6-13(14)10-19-27(25,26)15-11-20(2)17(24)21(3)16(15)23/h4-9,11,19H,10H2,1-3H3. The fourth-order valence-corrected chi connectivity index (χ4v) is 3.90. The fourth-order valence-electron chi connectivity index (χ4n) is 2.74. The first-order chi connectivity index (χ1) is 12.7. The monoisotopic (exact) mass is 389 g/mol. The van der Waals surface area contributed by atoms with Gasteiger partial charge in [-0.25, -0.2) is 22.9 Å². The predicted octanol–water partition coefficient (Wildman–Crippen LogP) is 0.0566. The molecule has 2 aromatic heterocycles. The van der Waals surface area contributed by atoms with Crippen molar-refractivity contribution in [2.45, 2.75) is 18.4 Å². The number of hydrogen-bond acceptors (Lipinski definition) is 5. The first-order valence-electron chi connectivity index (χ1n) is 8.07. The Morgan fingerprint density at radius 2 is 1.85 bits per heavy atom. The van der Waals surface area contributed by atoms with Crippen LogP contribution < -0.4 is 16.0 Å². The van der Waals surface area contributed by atoms with Gasteiger partial charge in [0.1, 0.15) is 5.82 Å². The minimum atomic E-state index is -4.11. The van der Waals surface area contributed by atoms with E-state index in [0.29, 0.717) is 5.56 Å². The summed E-state index contributed by atoms with van der Waals surface area (Å²) in [5.41, 5.74) is 0.0246. The number of imidazole rings is 1. The molecule has 27 heavy (non-hydrogen) atoms. The van der Waals surface area contributed by atoms with Crippen LogP contribution in [0.4, 0.5) is 0 Å². The Labute approximate surface area is 155 Å². The summed E-state index contributed by atoms with van der Waals surface area (Å²) in [6.07, 6.45) is 4.47. The van der Waals surface area contributed by atoms with Crippen molar-refractivity contribution in [3.8, 4) is 5.69 Å². The third-order valence-electron chi connectivity index (χ3n) is 4.23. The second-order valence-electron chi connectivity index (χ2n) is 6.05. The lowest BCUT2D eigenvalue weighted by Gasteiger charge is -2.13. The van der Waals surface area contributed by atoms with Crippen LogP contribution in [0.5, 0.6) is 0 Å². The Morgan fingerprint density at radius 1 is 1.15 bits per heavy atom. The van der Waals surface area contributed by atoms with E-state index in [-0.39, 0.29) is 6.54 Å². The van der Waals surface area contributed by atoms with Crippen molar-refractivity contribution in [3.63, 3.8) is 0 Å². The molecule has 3 rings (SSSR count). The number of benzene rings is 1. The van der Waals surface area contributed by atoms with Crippen LogP contribution in [-0.2, 0) is 30.7 Å². The molecule has 0 fully saturated rings. The maximum absolute atomic E-state index is 12.6. The highest BCUT2D eigenvalue weighted by Gasteiger charge is 2.21. The molecule has 0 aliphatic rings. The second-order valence-corrected chi connectivity index (χ2v) is 7.78. The second kappa shape index (κ2) is 6.97. The molecule has 0 atom stereocenters. The molecular formula is C17H19N5O4S. The molecule has 142 valence electrons. The van der Waals surface area contributed by atoms with E-state index >= 15 is 0 Å². The molecule has 0 aliphatic carbocycles. The molecule has 0 spiro atoms. The van der Waals surface area contributed by atoms with Crippen LogP contribution in [0.3, 0.4) is 0 Å². The zero-order chi connectivity index (χ0) is 19.8. The molecule has 3 aromatic rings. The minimum Gasteiger partial charge on any atom is -0.304 e. The molecule has 0 saturated carbocycles. The van der Waals surface area contributed by atoms with Crippen LogP contribution in [0.2, 0.25) is 0 Å². The summed E-state index contributed by atoms with van der Waals surface area (Å²) < 4.78 is 31.4. The number of nitrogens with zero attached hydrogens (tertiary/aromatic N) is 4. The Kier molecular flexibility index (Phi) is 4.85. The van der Waals surface area contributed by atoms with E-state index in [0.717, 1.165) is 26.8 Å². The van der Waals surface area contributed by atoms with Gasteiger partial charge < -0.3 is 9.13 Å². The van der Waals surface area contributed by atoms with Crippen LogP contribution in [0, 0.1) is 6.92 Å². The molecule has 0 radical (unpaired) electrons. The van der Waals surface area contributed by atoms with Crippen molar-refractivity contribution >= 4 is 10.0 Å². The maximum Gasteiger partial charge on any atom is 0.330 e. The van der Waals surface area contributed by atoms with Crippen molar-refractivity contribution in [2.75, 3.05) is 0 Å². The third kappa shape index (κ3) is 3.49. The predicted molar refractivity (Wildman–Crippen MR) is 99.3 cm³/mol. The summed E-state index contributed by atoms with van der Waals surface area (Å²) in [4.78, 5) is 27.7. The zero-order valence-corrected chi connectivity index (χ0v) is 15.9. The van der Waals surface area contributed by atoms with Crippen molar-refractivity contribution in [1.82, 2.24) is 23.4 Å². The molecule has 0 unspecified atom stereocenters. The summed E-state index contributed by atoms with van der Waals surface area (Å²) in [6, 6.07) is 7.28. The van der Waals surface area contributed by atoms with Crippen LogP contribution in [-0.4, -0.2) is 27.1 Å². The Balaban J connectivity index is 1.96. The van der Waals surface area contributed by atoms with E-state index in [9.17, 15) is 18.0 Å². The molecule has 10 heteroatoms. The van der Waals surface area contributed by atoms with Gasteiger partial charge in [-0.1, -0.05) is 18.2 Å². The fraction of sp³-hybridized carbons (Fsp3) is 0.235. The van der Waals surface area contributed by atoms with E-state index in [1.807, 2.05) is 23.6 Å². The van der Waals surface area contributed by atoms with E-state index in [1.165, 1.54) is 14.1 Å². The topological polar surface area (TPSA) is 108 Å². The van der Waals surface area contributed by atoms with Crippen molar-refractivity contribution < 1.29 is 8.42 Å². The summed E-state index contributed by atoms with van der Waals surface area (Å²) in [5, 5.41) is 0. The van der Waals surface area contributed by atoms with Gasteiger partial charge in [0.15, 0.2) is 4.90 Å². The van der Waals surface area contributed by atoms with Crippen LogP contribution in [0.15, 0.2) is 57.3 Å². The van der Waals surface area contributed by atoms with Crippen LogP contribution in [0.1, 0.15) is 11.4 Å². The van der Waals surface area contributed by atoms with Gasteiger partial charge in [-0.05, 0) is 18.6 Å². The van der Waals surface area contributed by atoms with Gasteiger partial charge >= 0.3 is 5.69 Å². The van der Waals surface area contributed by atoms with Gasteiger partial charge in [0, 0.05) is 39.2 Å². The molecule has 9 nitrogen and oxygen atoms in total. The first kappa shape index (κ1) is 18.8. The molecule has 0 saturated heterocycles. The number of aromatic nitrogens is 4. The van der Waals surface area contributed by atoms with Gasteiger partial charge in [-0.15, -0.1) is 0 Å². The molecule has 1 aromatic carbocycles. The van der Waals surface area contributed by atoms with Gasteiger partial charge in [-0.2, -0.15) is 0 Å². The average molecular weight is 389 g/mol. The van der Waals surface area contributed by atoms with Crippen LogP contribution >= 0.6 is 0 Å². The molecule has 1 N–H and O–H groups in total. The van der Waals surface area contributed by atoms with Gasteiger partial charge in [0.2, 0.25) is 10.0 Å². The van der Waals surface area contributed by atoms with E-state index in [1.54, 1.807) is 24.5 Å². The van der Waals surface area contributed by atoms with Crippen molar-refractivity contribution in [3.05, 3.63) is 75.1 Å². The van der Waals surface area contributed by atoms with Gasteiger partial charge in [0.05, 0.1) is 5.69 Å². The lowest BCUT2D eigenvalue weighted by Crippen LogP contribution is -2.41. The summed E-state index contributed by atoms with van der Waals surface area (Å²) in [6.45, 7) is 1.82. The van der Waals surface area contributed by atoms with Gasteiger partial charge in [-0.3, -0.25) is 9.36 Å². The number of para-hydroxylation sites is 1. The lowest BCUT2D eigenvalue weighted by molar-refractivity contribution is 0.570. The van der Waals surface area contributed by atoms with E-state index < -0.39 is 26.2 Å². The SMILES string of the molecule is Cc1nccn1-c1ccccc1CNS(=O)(=O)c1cn(C)c(=O)n(C)c1=O. The quantitative estimate of drug-likeness (QED) is 0.664. The smallest absolute Gasteiger partial charge is 0.304 e. The summed E-state index contributed by atoms with van der Waals surface area (Å²) in [5.74, 6) is 0.761. The maximum atomic E-state index is 12.6. The van der Waals surface area contributed by atoms with Gasteiger partial charge in [0.25, 0.3) is 5.56 Å². The van der Waals surface area contributed by atoms with Crippen molar-refractivity contribution in [2.24, 2.45) is 14.1 Å². The molecule has 0 amide bonds. The number of hydrogen-bond donors (Lipinski definition) is 1. The van der Waals surface area contributed by atoms with E-state index in [2.05, 4.69) is 9.71 Å². The normalized spacial score (nSPS) is 11.7. The van der Waals surface area contributed by atoms with Crippen molar-refractivity contribution in [1.29, 1.82) is 0 Å². The summed E-state index contributed by atoms with van der Waals surface area (Å²) in [7, 11) is -1.49. The third-order valence-corrected chi connectivity index (χ3v) is 5.62. The Bertz CT molecular complexity index is 1220.